The molecule has 0 saturated heterocycles. The van der Waals surface area contributed by atoms with Gasteiger partial charge in [-0.05, 0) is 24.3 Å². The molecule has 0 unspecified atom stereocenters. The van der Waals surface area contributed by atoms with E-state index in [2.05, 4.69) is 15.3 Å². The Morgan fingerprint density at radius 3 is 2.85 bits per heavy atom. The molecule has 0 radical (unpaired) electrons. The van der Waals surface area contributed by atoms with Gasteiger partial charge in [-0.1, -0.05) is 17.3 Å². The molecule has 0 aliphatic heterocycles. The Labute approximate surface area is 112 Å². The van der Waals surface area contributed by atoms with E-state index in [9.17, 15) is 4.79 Å². The maximum atomic E-state index is 11.8. The van der Waals surface area contributed by atoms with E-state index in [0.717, 1.165) is 16.7 Å². The highest BCUT2D eigenvalue weighted by molar-refractivity contribution is 5.75. The molecule has 20 heavy (non-hydrogen) atoms. The Morgan fingerprint density at radius 2 is 1.90 bits per heavy atom. The van der Waals surface area contributed by atoms with Gasteiger partial charge in [0.25, 0.3) is 5.56 Å². The number of nitrogens with zero attached hydrogens (tertiary/aromatic N) is 5. The fraction of sp³-hybridized carbons (Fsp3) is 0. The number of hydrogen-bond acceptors (Lipinski definition) is 4. The summed E-state index contributed by atoms with van der Waals surface area (Å²) in [7, 11) is 0. The van der Waals surface area contributed by atoms with Gasteiger partial charge < -0.3 is 0 Å². The second kappa shape index (κ2) is 3.99. The van der Waals surface area contributed by atoms with E-state index in [1.165, 1.54) is 16.7 Å². The first-order valence-corrected chi connectivity index (χ1v) is 6.11. The second-order valence-corrected chi connectivity index (χ2v) is 4.39. The van der Waals surface area contributed by atoms with Crippen molar-refractivity contribution in [1.82, 2.24) is 24.4 Å². The van der Waals surface area contributed by atoms with Gasteiger partial charge in [-0.3, -0.25) is 9.20 Å². The monoisotopic (exact) mass is 263 g/mol. The fourth-order valence-electron chi connectivity index (χ4n) is 2.21. The third-order valence-corrected chi connectivity index (χ3v) is 3.17. The lowest BCUT2D eigenvalue weighted by Gasteiger charge is -2.04. The summed E-state index contributed by atoms with van der Waals surface area (Å²) >= 11 is 0. The molecule has 6 heteroatoms. The highest BCUT2D eigenvalue weighted by Crippen LogP contribution is 2.15. The van der Waals surface area contributed by atoms with Crippen LogP contribution in [0.4, 0.5) is 0 Å². The van der Waals surface area contributed by atoms with Gasteiger partial charge in [0, 0.05) is 18.5 Å². The lowest BCUT2D eigenvalue weighted by Crippen LogP contribution is -2.13. The molecule has 0 saturated carbocycles. The predicted molar refractivity (Wildman–Crippen MR) is 73.9 cm³/mol. The van der Waals surface area contributed by atoms with Crippen molar-refractivity contribution in [3.8, 4) is 5.69 Å². The van der Waals surface area contributed by atoms with Crippen molar-refractivity contribution in [2.24, 2.45) is 0 Å². The quantitative estimate of drug-likeness (QED) is 0.521. The first-order valence-electron chi connectivity index (χ1n) is 6.11. The highest BCUT2D eigenvalue weighted by Gasteiger charge is 2.07. The molecule has 0 spiro atoms. The van der Waals surface area contributed by atoms with Crippen LogP contribution in [0.1, 0.15) is 0 Å². The van der Waals surface area contributed by atoms with Crippen LogP contribution in [0, 0.1) is 0 Å². The topological polar surface area (TPSA) is 65.1 Å². The summed E-state index contributed by atoms with van der Waals surface area (Å²) in [4.78, 5) is 16.0. The van der Waals surface area contributed by atoms with Crippen LogP contribution in [-0.4, -0.2) is 24.4 Å². The standard InChI is InChI=1S/C14H9N5O/c20-14-7-8-15-13-6-5-10(9-18(13)14)19-12-4-2-1-3-11(12)16-17-19/h1-9H. The van der Waals surface area contributed by atoms with Crippen LogP contribution in [0.2, 0.25) is 0 Å². The molecule has 4 rings (SSSR count). The normalized spacial score (nSPS) is 11.2. The lowest BCUT2D eigenvalue weighted by atomic mass is 10.3. The largest absolute Gasteiger partial charge is 0.269 e. The minimum Gasteiger partial charge on any atom is -0.269 e. The molecule has 0 N–H and O–H groups in total. The number of benzene rings is 1. The Hall–Kier alpha value is -3.02. The molecule has 96 valence electrons. The number of rotatable bonds is 1. The summed E-state index contributed by atoms with van der Waals surface area (Å²) in [6, 6.07) is 12.7. The van der Waals surface area contributed by atoms with Gasteiger partial charge in [0.2, 0.25) is 0 Å². The Kier molecular flexibility index (Phi) is 2.17. The molecule has 0 aliphatic rings. The van der Waals surface area contributed by atoms with Gasteiger partial charge in [-0.25, -0.2) is 9.67 Å². The van der Waals surface area contributed by atoms with Crippen molar-refractivity contribution in [1.29, 1.82) is 0 Å². The molecular weight excluding hydrogens is 254 g/mol. The molecule has 3 heterocycles. The van der Waals surface area contributed by atoms with Gasteiger partial charge in [-0.15, -0.1) is 5.10 Å². The van der Waals surface area contributed by atoms with Crippen LogP contribution >= 0.6 is 0 Å². The maximum Gasteiger partial charge on any atom is 0.257 e. The van der Waals surface area contributed by atoms with Gasteiger partial charge in [-0.2, -0.15) is 0 Å². The minimum absolute atomic E-state index is 0.124. The number of hydrogen-bond donors (Lipinski definition) is 0. The maximum absolute atomic E-state index is 11.8. The van der Waals surface area contributed by atoms with E-state index in [-0.39, 0.29) is 5.56 Å². The van der Waals surface area contributed by atoms with Crippen LogP contribution in [0.15, 0.2) is 59.7 Å². The molecule has 6 nitrogen and oxygen atoms in total. The van der Waals surface area contributed by atoms with E-state index in [1.807, 2.05) is 30.3 Å². The molecule has 4 aromatic rings. The van der Waals surface area contributed by atoms with Crippen molar-refractivity contribution in [3.63, 3.8) is 0 Å². The molecular formula is C14H9N5O. The molecule has 0 amide bonds. The molecule has 0 fully saturated rings. The van der Waals surface area contributed by atoms with Crippen LogP contribution in [0.5, 0.6) is 0 Å². The highest BCUT2D eigenvalue weighted by atomic mass is 16.1. The molecule has 1 aromatic carbocycles. The van der Waals surface area contributed by atoms with Crippen LogP contribution in [-0.2, 0) is 0 Å². The molecule has 0 bridgehead atoms. The summed E-state index contributed by atoms with van der Waals surface area (Å²) in [5.41, 5.74) is 2.95. The van der Waals surface area contributed by atoms with Crippen LogP contribution in [0.25, 0.3) is 22.4 Å². The minimum atomic E-state index is -0.124. The zero-order valence-corrected chi connectivity index (χ0v) is 10.3. The third kappa shape index (κ3) is 1.51. The van der Waals surface area contributed by atoms with Gasteiger partial charge in [0.15, 0.2) is 0 Å². The van der Waals surface area contributed by atoms with Crippen LogP contribution in [0.3, 0.4) is 0 Å². The number of fused-ring (bicyclic) bond motifs is 2. The molecule has 0 aliphatic carbocycles. The summed E-state index contributed by atoms with van der Waals surface area (Å²) in [5.74, 6) is 0. The SMILES string of the molecule is O=c1ccnc2ccc(-n3nnc4ccccc43)cn12. The van der Waals surface area contributed by atoms with E-state index >= 15 is 0 Å². The van der Waals surface area contributed by atoms with Gasteiger partial charge in [0.05, 0.1) is 11.2 Å². The third-order valence-electron chi connectivity index (χ3n) is 3.17. The summed E-state index contributed by atoms with van der Waals surface area (Å²) in [6.45, 7) is 0. The average molecular weight is 263 g/mol. The lowest BCUT2D eigenvalue weighted by molar-refractivity contribution is 0.815. The summed E-state index contributed by atoms with van der Waals surface area (Å²) in [6.07, 6.45) is 3.22. The zero-order valence-electron chi connectivity index (χ0n) is 10.3. The van der Waals surface area contributed by atoms with E-state index < -0.39 is 0 Å². The van der Waals surface area contributed by atoms with E-state index in [4.69, 9.17) is 0 Å². The van der Waals surface area contributed by atoms with Crippen LogP contribution < -0.4 is 5.56 Å². The van der Waals surface area contributed by atoms with Crippen molar-refractivity contribution >= 4 is 16.7 Å². The molecule has 3 aromatic heterocycles. The number of aromatic nitrogens is 5. The Morgan fingerprint density at radius 1 is 1.00 bits per heavy atom. The van der Waals surface area contributed by atoms with Crippen molar-refractivity contribution < 1.29 is 0 Å². The van der Waals surface area contributed by atoms with Crippen molar-refractivity contribution in [2.75, 3.05) is 0 Å². The zero-order chi connectivity index (χ0) is 13.5. The molecule has 0 atom stereocenters. The number of para-hydroxylation sites is 1. The fourth-order valence-corrected chi connectivity index (χ4v) is 2.21. The average Bonchev–Trinajstić information content (AvgIpc) is 2.91. The van der Waals surface area contributed by atoms with Crippen molar-refractivity contribution in [3.05, 3.63) is 65.2 Å². The Balaban J connectivity index is 2.03. The van der Waals surface area contributed by atoms with Gasteiger partial charge >= 0.3 is 0 Å². The van der Waals surface area contributed by atoms with E-state index in [0.29, 0.717) is 5.65 Å². The smallest absolute Gasteiger partial charge is 0.257 e. The predicted octanol–water partition coefficient (Wildman–Crippen LogP) is 1.43. The van der Waals surface area contributed by atoms with Gasteiger partial charge in [0.1, 0.15) is 11.2 Å². The number of pyridine rings is 1. The van der Waals surface area contributed by atoms with Crippen molar-refractivity contribution in [2.45, 2.75) is 0 Å². The summed E-state index contributed by atoms with van der Waals surface area (Å²) in [5, 5.41) is 8.24. The second-order valence-electron chi connectivity index (χ2n) is 4.39. The summed E-state index contributed by atoms with van der Waals surface area (Å²) < 4.78 is 3.19. The first-order chi connectivity index (χ1) is 9.83. The van der Waals surface area contributed by atoms with E-state index in [1.54, 1.807) is 16.9 Å². The Bertz CT molecular complexity index is 985. The first kappa shape index (κ1) is 10.9.